The number of nitro benzene ring substituents is 1. The molecule has 2 atom stereocenters. The van der Waals surface area contributed by atoms with E-state index in [0.29, 0.717) is 42.2 Å². The molecule has 0 bridgehead atoms. The summed E-state index contributed by atoms with van der Waals surface area (Å²) in [7, 11) is 0. The Kier molecular flexibility index (Phi) is 9.96. The third kappa shape index (κ3) is 7.74. The van der Waals surface area contributed by atoms with Crippen molar-refractivity contribution in [2.45, 2.75) is 24.3 Å². The van der Waals surface area contributed by atoms with E-state index in [1.807, 2.05) is 0 Å². The summed E-state index contributed by atoms with van der Waals surface area (Å²) in [6.45, 7) is 8.34. The lowest BCUT2D eigenvalue weighted by atomic mass is 10.1. The minimum absolute atomic E-state index is 0.0304. The third-order valence-electron chi connectivity index (χ3n) is 5.55. The van der Waals surface area contributed by atoms with Crippen molar-refractivity contribution in [3.63, 3.8) is 0 Å². The molecule has 0 spiro atoms. The van der Waals surface area contributed by atoms with Crippen LogP contribution >= 0.6 is 12.6 Å². The Bertz CT molecular complexity index is 1140. The molecule has 1 aliphatic rings. The van der Waals surface area contributed by atoms with Crippen molar-refractivity contribution < 1.29 is 28.7 Å². The monoisotopic (exact) mass is 527 g/mol. The number of nitrogens with zero attached hydrogens (tertiary/aromatic N) is 2. The SMILES string of the molecule is C=CCOc1ccc(C(=O)NCC2CC(S)CN2C(=O)OCc2ccc([N+](=O)[O-])cc2)cc1OCC=C. The minimum atomic E-state index is -0.544. The van der Waals surface area contributed by atoms with Crippen molar-refractivity contribution in [1.82, 2.24) is 10.2 Å². The average Bonchev–Trinajstić information content (AvgIpc) is 3.28. The van der Waals surface area contributed by atoms with Crippen molar-refractivity contribution in [3.8, 4) is 11.5 Å². The number of rotatable bonds is 12. The summed E-state index contributed by atoms with van der Waals surface area (Å²) >= 11 is 4.50. The van der Waals surface area contributed by atoms with E-state index in [0.717, 1.165) is 0 Å². The summed E-state index contributed by atoms with van der Waals surface area (Å²) in [5.41, 5.74) is 0.958. The molecule has 2 unspecified atom stereocenters. The molecule has 1 N–H and O–H groups in total. The number of nitrogens with one attached hydrogen (secondary N) is 1. The fraction of sp³-hybridized carbons (Fsp3) is 0.308. The molecule has 0 saturated carbocycles. The third-order valence-corrected chi connectivity index (χ3v) is 5.93. The molecular weight excluding hydrogens is 498 g/mol. The number of nitro groups is 1. The van der Waals surface area contributed by atoms with Gasteiger partial charge in [0.25, 0.3) is 11.6 Å². The Balaban J connectivity index is 1.59. The maximum absolute atomic E-state index is 12.9. The van der Waals surface area contributed by atoms with Crippen LogP contribution in [0.15, 0.2) is 67.8 Å². The normalized spacial score (nSPS) is 16.5. The van der Waals surface area contributed by atoms with Crippen molar-refractivity contribution >= 4 is 30.3 Å². The summed E-state index contributed by atoms with van der Waals surface area (Å²) in [5, 5.41) is 13.6. The Hall–Kier alpha value is -3.99. The molecule has 11 heteroatoms. The quantitative estimate of drug-likeness (QED) is 0.184. The largest absolute Gasteiger partial charge is 0.486 e. The van der Waals surface area contributed by atoms with Crippen LogP contribution in [0, 0.1) is 10.1 Å². The molecule has 0 aromatic heterocycles. The molecule has 1 saturated heterocycles. The van der Waals surface area contributed by atoms with Crippen LogP contribution in [0.2, 0.25) is 0 Å². The molecule has 1 fully saturated rings. The van der Waals surface area contributed by atoms with Gasteiger partial charge in [0.1, 0.15) is 19.8 Å². The second kappa shape index (κ2) is 13.4. The van der Waals surface area contributed by atoms with Crippen molar-refractivity contribution in [2.75, 3.05) is 26.3 Å². The first kappa shape index (κ1) is 27.6. The molecule has 0 aliphatic carbocycles. The predicted molar refractivity (Wildman–Crippen MR) is 141 cm³/mol. The standard InChI is InChI=1S/C26H29N3O7S/c1-3-11-34-23-10-7-19(13-24(23)35-12-4-2)25(30)27-15-21-14-22(37)16-28(21)26(31)36-17-18-5-8-20(9-6-18)29(32)33/h3-10,13,21-22,37H,1-2,11-12,14-17H2,(H,27,30). The van der Waals surface area contributed by atoms with Crippen LogP contribution in [-0.2, 0) is 11.3 Å². The van der Waals surface area contributed by atoms with Gasteiger partial charge in [-0.3, -0.25) is 14.9 Å². The maximum Gasteiger partial charge on any atom is 0.410 e. The molecule has 2 aromatic rings. The van der Waals surface area contributed by atoms with Gasteiger partial charge in [-0.1, -0.05) is 25.3 Å². The highest BCUT2D eigenvalue weighted by atomic mass is 32.1. The molecule has 1 heterocycles. The van der Waals surface area contributed by atoms with Crippen molar-refractivity contribution in [1.29, 1.82) is 0 Å². The molecule has 10 nitrogen and oxygen atoms in total. The first-order valence-electron chi connectivity index (χ1n) is 11.6. The zero-order valence-corrected chi connectivity index (χ0v) is 21.1. The minimum Gasteiger partial charge on any atom is -0.486 e. The first-order chi connectivity index (χ1) is 17.8. The van der Waals surface area contributed by atoms with Crippen molar-refractivity contribution in [3.05, 3.63) is 89.0 Å². The number of hydrogen-bond donors (Lipinski definition) is 2. The van der Waals surface area contributed by atoms with E-state index in [1.165, 1.54) is 29.2 Å². The lowest BCUT2D eigenvalue weighted by molar-refractivity contribution is -0.384. The fourth-order valence-corrected chi connectivity index (χ4v) is 4.16. The van der Waals surface area contributed by atoms with E-state index in [1.54, 1.807) is 30.4 Å². The summed E-state index contributed by atoms with van der Waals surface area (Å²) in [4.78, 5) is 37.4. The van der Waals surface area contributed by atoms with Crippen LogP contribution in [0.1, 0.15) is 22.3 Å². The number of carbonyl (C=O) groups is 2. The van der Waals surface area contributed by atoms with E-state index in [4.69, 9.17) is 14.2 Å². The summed E-state index contributed by atoms with van der Waals surface area (Å²) in [5.74, 6) is 0.552. The number of likely N-dealkylation sites (tertiary alicyclic amines) is 1. The van der Waals surface area contributed by atoms with Gasteiger partial charge < -0.3 is 24.4 Å². The van der Waals surface area contributed by atoms with Gasteiger partial charge in [-0.05, 0) is 42.3 Å². The number of carbonyl (C=O) groups excluding carboxylic acids is 2. The number of non-ortho nitro benzene ring substituents is 1. The second-order valence-corrected chi connectivity index (χ2v) is 8.98. The number of benzene rings is 2. The van der Waals surface area contributed by atoms with Crippen LogP contribution < -0.4 is 14.8 Å². The van der Waals surface area contributed by atoms with Crippen LogP contribution in [-0.4, -0.2) is 59.4 Å². The highest BCUT2D eigenvalue weighted by Crippen LogP contribution is 2.29. The molecule has 2 aromatic carbocycles. The highest BCUT2D eigenvalue weighted by Gasteiger charge is 2.35. The maximum atomic E-state index is 12.9. The topological polar surface area (TPSA) is 120 Å². The predicted octanol–water partition coefficient (Wildman–Crippen LogP) is 4.16. The Morgan fingerprint density at radius 1 is 1.11 bits per heavy atom. The molecule has 196 valence electrons. The molecule has 37 heavy (non-hydrogen) atoms. The van der Waals surface area contributed by atoms with Crippen LogP contribution in [0.3, 0.4) is 0 Å². The lowest BCUT2D eigenvalue weighted by Gasteiger charge is -2.24. The molecular formula is C26H29N3O7S. The van der Waals surface area contributed by atoms with Crippen LogP contribution in [0.5, 0.6) is 11.5 Å². The second-order valence-electron chi connectivity index (χ2n) is 8.24. The molecule has 3 rings (SSSR count). The Labute approximate surface area is 220 Å². The van der Waals surface area contributed by atoms with E-state index in [9.17, 15) is 19.7 Å². The summed E-state index contributed by atoms with van der Waals surface area (Å²) in [6, 6.07) is 10.3. The van der Waals surface area contributed by atoms with Gasteiger partial charge in [0.2, 0.25) is 0 Å². The van der Waals surface area contributed by atoms with Gasteiger partial charge in [0.05, 0.1) is 11.0 Å². The molecule has 0 radical (unpaired) electrons. The number of hydrogen-bond acceptors (Lipinski definition) is 8. The van der Waals surface area contributed by atoms with Gasteiger partial charge in [-0.15, -0.1) is 0 Å². The van der Waals surface area contributed by atoms with Gasteiger partial charge in [-0.25, -0.2) is 4.79 Å². The Morgan fingerprint density at radius 2 is 1.78 bits per heavy atom. The lowest BCUT2D eigenvalue weighted by Crippen LogP contribution is -2.43. The van der Waals surface area contributed by atoms with Crippen molar-refractivity contribution in [2.24, 2.45) is 0 Å². The number of amides is 2. The average molecular weight is 528 g/mol. The fourth-order valence-electron chi connectivity index (χ4n) is 3.74. The van der Waals surface area contributed by atoms with Gasteiger partial charge in [-0.2, -0.15) is 12.6 Å². The number of thiol groups is 1. The van der Waals surface area contributed by atoms with E-state index in [-0.39, 0.29) is 42.6 Å². The van der Waals surface area contributed by atoms with Gasteiger partial charge in [0.15, 0.2) is 11.5 Å². The Morgan fingerprint density at radius 3 is 2.43 bits per heavy atom. The van der Waals surface area contributed by atoms with Gasteiger partial charge >= 0.3 is 6.09 Å². The molecule has 1 aliphatic heterocycles. The first-order valence-corrected chi connectivity index (χ1v) is 12.1. The van der Waals surface area contributed by atoms with E-state index < -0.39 is 11.0 Å². The van der Waals surface area contributed by atoms with E-state index >= 15 is 0 Å². The summed E-state index contributed by atoms with van der Waals surface area (Å²) < 4.78 is 16.6. The van der Waals surface area contributed by atoms with Crippen LogP contribution in [0.25, 0.3) is 0 Å². The highest BCUT2D eigenvalue weighted by molar-refractivity contribution is 7.81. The molecule has 2 amide bonds. The zero-order valence-electron chi connectivity index (χ0n) is 20.2. The van der Waals surface area contributed by atoms with Gasteiger partial charge in [0, 0.05) is 36.0 Å². The summed E-state index contributed by atoms with van der Waals surface area (Å²) in [6.07, 6.45) is 3.24. The zero-order chi connectivity index (χ0) is 26.8. The van der Waals surface area contributed by atoms with E-state index in [2.05, 4.69) is 31.1 Å². The van der Waals surface area contributed by atoms with Crippen LogP contribution in [0.4, 0.5) is 10.5 Å². The number of ether oxygens (including phenoxy) is 3. The smallest absolute Gasteiger partial charge is 0.410 e.